The summed E-state index contributed by atoms with van der Waals surface area (Å²) in [6.45, 7) is 5.37. The van der Waals surface area contributed by atoms with Gasteiger partial charge in [0.1, 0.15) is 0 Å². The van der Waals surface area contributed by atoms with Gasteiger partial charge < -0.3 is 10.2 Å². The number of nitrogens with one attached hydrogen (secondary N) is 1. The minimum atomic E-state index is -0.00786. The molecule has 3 nitrogen and oxygen atoms in total. The van der Waals surface area contributed by atoms with Crippen LogP contribution in [0, 0.1) is 11.3 Å². The molecule has 0 spiro atoms. The van der Waals surface area contributed by atoms with Crippen LogP contribution in [0.5, 0.6) is 0 Å². The minimum Gasteiger partial charge on any atom is -0.305 e. The lowest BCUT2D eigenvalue weighted by atomic mass is 10.2. The van der Waals surface area contributed by atoms with Gasteiger partial charge in [-0.1, -0.05) is 6.92 Å². The summed E-state index contributed by atoms with van der Waals surface area (Å²) in [5, 5.41) is 11.7. The first kappa shape index (κ1) is 12.4. The van der Waals surface area contributed by atoms with Crippen LogP contribution in [0.2, 0.25) is 0 Å². The van der Waals surface area contributed by atoms with Crippen LogP contribution in [0.1, 0.15) is 26.7 Å². The molecule has 0 aromatic carbocycles. The smallest absolute Gasteiger partial charge is 0.0962 e. The maximum absolute atomic E-state index is 8.70. The second-order valence-electron chi connectivity index (χ2n) is 3.50. The first-order chi connectivity index (χ1) is 6.15. The van der Waals surface area contributed by atoms with Crippen molar-refractivity contribution in [2.24, 2.45) is 0 Å². The van der Waals surface area contributed by atoms with Crippen molar-refractivity contribution in [1.82, 2.24) is 10.2 Å². The Labute approximate surface area is 81.7 Å². The van der Waals surface area contributed by atoms with Gasteiger partial charge in [-0.3, -0.25) is 0 Å². The number of nitriles is 1. The summed E-state index contributed by atoms with van der Waals surface area (Å²) in [6, 6.07) is 2.83. The molecule has 2 unspecified atom stereocenters. The van der Waals surface area contributed by atoms with Gasteiger partial charge in [0.05, 0.1) is 12.1 Å². The fraction of sp³-hybridized carbons (Fsp3) is 0.900. The van der Waals surface area contributed by atoms with Gasteiger partial charge in [0.2, 0.25) is 0 Å². The molecule has 13 heavy (non-hydrogen) atoms. The lowest BCUT2D eigenvalue weighted by Gasteiger charge is -2.24. The van der Waals surface area contributed by atoms with Crippen LogP contribution in [-0.2, 0) is 0 Å². The average Bonchev–Trinajstić information content (AvgIpc) is 2.17. The lowest BCUT2D eigenvalue weighted by Crippen LogP contribution is -2.34. The predicted molar refractivity (Wildman–Crippen MR) is 55.5 cm³/mol. The quantitative estimate of drug-likeness (QED) is 0.673. The largest absolute Gasteiger partial charge is 0.305 e. The summed E-state index contributed by atoms with van der Waals surface area (Å²) in [4.78, 5) is 2.29. The molecule has 0 aliphatic rings. The second-order valence-corrected chi connectivity index (χ2v) is 3.50. The average molecular weight is 183 g/mol. The Bertz CT molecular complexity index is 162. The van der Waals surface area contributed by atoms with Crippen LogP contribution in [0.4, 0.5) is 0 Å². The highest BCUT2D eigenvalue weighted by Gasteiger charge is 2.09. The van der Waals surface area contributed by atoms with Crippen LogP contribution in [0.3, 0.4) is 0 Å². The molecular weight excluding hydrogens is 162 g/mol. The van der Waals surface area contributed by atoms with E-state index < -0.39 is 0 Å². The maximum atomic E-state index is 8.70. The van der Waals surface area contributed by atoms with E-state index >= 15 is 0 Å². The minimum absolute atomic E-state index is 0.00786. The zero-order valence-electron chi connectivity index (χ0n) is 9.17. The molecule has 0 heterocycles. The van der Waals surface area contributed by atoms with Gasteiger partial charge in [-0.15, -0.1) is 0 Å². The van der Waals surface area contributed by atoms with Crippen molar-refractivity contribution < 1.29 is 0 Å². The van der Waals surface area contributed by atoms with Crippen molar-refractivity contribution in [2.75, 3.05) is 20.6 Å². The summed E-state index contributed by atoms with van der Waals surface area (Å²) in [7, 11) is 3.94. The molecule has 0 aliphatic heterocycles. The molecule has 0 aromatic rings. The lowest BCUT2D eigenvalue weighted by molar-refractivity contribution is 0.244. The van der Waals surface area contributed by atoms with Gasteiger partial charge in [0, 0.05) is 12.6 Å². The van der Waals surface area contributed by atoms with E-state index in [2.05, 4.69) is 37.2 Å². The molecule has 0 amide bonds. The molecule has 0 saturated carbocycles. The zero-order valence-corrected chi connectivity index (χ0v) is 9.17. The number of rotatable bonds is 6. The van der Waals surface area contributed by atoms with E-state index in [9.17, 15) is 0 Å². The standard InChI is InChI=1S/C10H21N3/c1-5-9(2)13(4)7-6-10(8-11)12-3/h9-10,12H,5-7H2,1-4H3. The van der Waals surface area contributed by atoms with Crippen molar-refractivity contribution in [3.8, 4) is 6.07 Å². The van der Waals surface area contributed by atoms with Crippen LogP contribution in [-0.4, -0.2) is 37.6 Å². The van der Waals surface area contributed by atoms with E-state index in [1.807, 2.05) is 7.05 Å². The maximum Gasteiger partial charge on any atom is 0.0962 e. The summed E-state index contributed by atoms with van der Waals surface area (Å²) < 4.78 is 0. The molecule has 0 aromatic heterocycles. The Kier molecular flexibility index (Phi) is 6.56. The molecule has 2 atom stereocenters. The molecule has 0 fully saturated rings. The highest BCUT2D eigenvalue weighted by molar-refractivity contribution is 4.89. The highest BCUT2D eigenvalue weighted by Crippen LogP contribution is 2.02. The van der Waals surface area contributed by atoms with Gasteiger partial charge in [0.25, 0.3) is 0 Å². The molecule has 0 rings (SSSR count). The Morgan fingerprint density at radius 1 is 1.54 bits per heavy atom. The molecule has 0 bridgehead atoms. The molecule has 1 N–H and O–H groups in total. The van der Waals surface area contributed by atoms with E-state index in [-0.39, 0.29) is 6.04 Å². The van der Waals surface area contributed by atoms with Crippen LogP contribution < -0.4 is 5.32 Å². The summed E-state index contributed by atoms with van der Waals surface area (Å²) in [6.07, 6.45) is 2.06. The van der Waals surface area contributed by atoms with Crippen LogP contribution in [0.15, 0.2) is 0 Å². The van der Waals surface area contributed by atoms with Crippen molar-refractivity contribution in [3.05, 3.63) is 0 Å². The van der Waals surface area contributed by atoms with Gasteiger partial charge >= 0.3 is 0 Å². The number of hydrogen-bond acceptors (Lipinski definition) is 3. The first-order valence-electron chi connectivity index (χ1n) is 4.92. The van der Waals surface area contributed by atoms with E-state index in [0.717, 1.165) is 19.4 Å². The molecule has 0 radical (unpaired) electrons. The molecule has 0 saturated heterocycles. The topological polar surface area (TPSA) is 39.1 Å². The number of hydrogen-bond donors (Lipinski definition) is 1. The van der Waals surface area contributed by atoms with E-state index in [4.69, 9.17) is 5.26 Å². The Balaban J connectivity index is 3.69. The summed E-state index contributed by atoms with van der Waals surface area (Å²) >= 11 is 0. The third-order valence-corrected chi connectivity index (χ3v) is 2.62. The normalized spacial score (nSPS) is 15.4. The summed E-state index contributed by atoms with van der Waals surface area (Å²) in [5.74, 6) is 0. The number of nitrogens with zero attached hydrogens (tertiary/aromatic N) is 2. The Morgan fingerprint density at radius 3 is 2.54 bits per heavy atom. The van der Waals surface area contributed by atoms with Crippen molar-refractivity contribution in [2.45, 2.75) is 38.8 Å². The third-order valence-electron chi connectivity index (χ3n) is 2.62. The van der Waals surface area contributed by atoms with Crippen LogP contribution >= 0.6 is 0 Å². The SMILES string of the molecule is CCC(C)N(C)CCC(C#N)NC. The second kappa shape index (κ2) is 6.88. The van der Waals surface area contributed by atoms with E-state index in [1.165, 1.54) is 0 Å². The van der Waals surface area contributed by atoms with Crippen molar-refractivity contribution >= 4 is 0 Å². The van der Waals surface area contributed by atoms with Gasteiger partial charge in [-0.2, -0.15) is 5.26 Å². The molecular formula is C10H21N3. The predicted octanol–water partition coefficient (Wildman–Crippen LogP) is 1.22. The third kappa shape index (κ3) is 4.87. The zero-order chi connectivity index (χ0) is 10.3. The van der Waals surface area contributed by atoms with Crippen molar-refractivity contribution in [1.29, 1.82) is 5.26 Å². The first-order valence-corrected chi connectivity index (χ1v) is 4.92. The highest BCUT2D eigenvalue weighted by atomic mass is 15.1. The fourth-order valence-corrected chi connectivity index (χ4v) is 1.14. The summed E-state index contributed by atoms with van der Waals surface area (Å²) in [5.41, 5.74) is 0. The van der Waals surface area contributed by atoms with E-state index in [1.54, 1.807) is 0 Å². The molecule has 76 valence electrons. The van der Waals surface area contributed by atoms with Gasteiger partial charge in [0.15, 0.2) is 0 Å². The van der Waals surface area contributed by atoms with Crippen molar-refractivity contribution in [3.63, 3.8) is 0 Å². The Hall–Kier alpha value is -0.590. The van der Waals surface area contributed by atoms with Crippen LogP contribution in [0.25, 0.3) is 0 Å². The Morgan fingerprint density at radius 2 is 2.15 bits per heavy atom. The van der Waals surface area contributed by atoms with E-state index in [0.29, 0.717) is 6.04 Å². The molecule has 0 aliphatic carbocycles. The fourth-order valence-electron chi connectivity index (χ4n) is 1.14. The van der Waals surface area contributed by atoms with Gasteiger partial charge in [-0.25, -0.2) is 0 Å². The molecule has 3 heteroatoms. The van der Waals surface area contributed by atoms with Gasteiger partial charge in [-0.05, 0) is 33.9 Å². The monoisotopic (exact) mass is 183 g/mol.